The molecule has 1 aromatic heterocycles. The molecule has 0 bridgehead atoms. The first-order valence-electron chi connectivity index (χ1n) is 8.34. The minimum Gasteiger partial charge on any atom is -0.340 e. The molecule has 0 atom stereocenters. The van der Waals surface area contributed by atoms with Gasteiger partial charge in [0.05, 0.1) is 5.56 Å². The number of nitrogens with zero attached hydrogens (tertiary/aromatic N) is 1. The van der Waals surface area contributed by atoms with Crippen LogP contribution >= 0.6 is 11.6 Å². The summed E-state index contributed by atoms with van der Waals surface area (Å²) in [5, 5.41) is 6.55. The second-order valence-corrected chi connectivity index (χ2v) is 6.47. The zero-order valence-electron chi connectivity index (χ0n) is 14.9. The minimum atomic E-state index is -0.266. The fourth-order valence-corrected chi connectivity index (χ4v) is 2.68. The Labute approximate surface area is 162 Å². The summed E-state index contributed by atoms with van der Waals surface area (Å²) in [6.07, 6.45) is 1.49. The molecule has 1 heterocycles. The van der Waals surface area contributed by atoms with Crippen LogP contribution in [0.5, 0.6) is 0 Å². The van der Waals surface area contributed by atoms with E-state index in [1.54, 1.807) is 48.5 Å². The lowest BCUT2D eigenvalue weighted by Gasteiger charge is -2.10. The van der Waals surface area contributed by atoms with Crippen molar-refractivity contribution in [1.29, 1.82) is 0 Å². The average molecular weight is 380 g/mol. The third-order valence-electron chi connectivity index (χ3n) is 4.08. The average Bonchev–Trinajstić information content (AvgIpc) is 2.66. The molecule has 0 aliphatic heterocycles. The van der Waals surface area contributed by atoms with Gasteiger partial charge < -0.3 is 10.6 Å². The molecule has 27 heavy (non-hydrogen) atoms. The number of carbonyl (C=O) groups excluding carboxylic acids is 2. The van der Waals surface area contributed by atoms with Gasteiger partial charge in [-0.1, -0.05) is 29.8 Å². The summed E-state index contributed by atoms with van der Waals surface area (Å²) in [6, 6.07) is 15.9. The summed E-state index contributed by atoms with van der Waals surface area (Å²) >= 11 is 6.08. The topological polar surface area (TPSA) is 71.1 Å². The Morgan fingerprint density at radius 3 is 2.48 bits per heavy atom. The molecule has 1 amide bonds. The van der Waals surface area contributed by atoms with Gasteiger partial charge in [0.1, 0.15) is 5.82 Å². The van der Waals surface area contributed by atoms with Crippen molar-refractivity contribution in [2.45, 2.75) is 13.8 Å². The summed E-state index contributed by atoms with van der Waals surface area (Å²) in [6.45, 7) is 3.37. The van der Waals surface area contributed by atoms with Crippen molar-refractivity contribution in [3.05, 3.63) is 82.5 Å². The van der Waals surface area contributed by atoms with Gasteiger partial charge in [0.15, 0.2) is 5.78 Å². The van der Waals surface area contributed by atoms with Crippen LogP contribution in [0.1, 0.15) is 33.2 Å². The van der Waals surface area contributed by atoms with Crippen LogP contribution in [0, 0.1) is 6.92 Å². The third kappa shape index (κ3) is 4.51. The molecule has 3 rings (SSSR count). The van der Waals surface area contributed by atoms with E-state index < -0.39 is 0 Å². The molecular formula is C21H18ClN3O2. The third-order valence-corrected chi connectivity index (χ3v) is 4.49. The molecule has 0 aliphatic carbocycles. The fraction of sp³-hybridized carbons (Fsp3) is 0.0952. The smallest absolute Gasteiger partial charge is 0.257 e. The van der Waals surface area contributed by atoms with Gasteiger partial charge >= 0.3 is 0 Å². The predicted octanol–water partition coefficient (Wildman–Crippen LogP) is 5.24. The van der Waals surface area contributed by atoms with Crippen LogP contribution in [-0.4, -0.2) is 16.7 Å². The van der Waals surface area contributed by atoms with E-state index in [2.05, 4.69) is 15.6 Å². The number of carbonyl (C=O) groups is 2. The summed E-state index contributed by atoms with van der Waals surface area (Å²) in [4.78, 5) is 28.2. The van der Waals surface area contributed by atoms with Crippen molar-refractivity contribution in [1.82, 2.24) is 4.98 Å². The first-order chi connectivity index (χ1) is 12.9. The summed E-state index contributed by atoms with van der Waals surface area (Å²) in [7, 11) is 0. The Hall–Kier alpha value is -3.18. The van der Waals surface area contributed by atoms with Crippen molar-refractivity contribution in [2.75, 3.05) is 10.6 Å². The first kappa shape index (κ1) is 18.6. The number of ketones is 1. The molecule has 0 fully saturated rings. The molecular weight excluding hydrogens is 362 g/mol. The van der Waals surface area contributed by atoms with Gasteiger partial charge in [0, 0.05) is 28.2 Å². The molecule has 0 aliphatic rings. The van der Waals surface area contributed by atoms with E-state index in [0.29, 0.717) is 27.7 Å². The number of hydrogen-bond acceptors (Lipinski definition) is 4. The van der Waals surface area contributed by atoms with E-state index in [1.807, 2.05) is 13.0 Å². The summed E-state index contributed by atoms with van der Waals surface area (Å²) in [5.74, 6) is 0.305. The number of benzene rings is 2. The molecule has 0 unspecified atom stereocenters. The number of aromatic nitrogens is 1. The normalized spacial score (nSPS) is 10.3. The van der Waals surface area contributed by atoms with Gasteiger partial charge in [0.25, 0.3) is 5.91 Å². The van der Waals surface area contributed by atoms with E-state index >= 15 is 0 Å². The molecule has 0 radical (unpaired) electrons. The molecule has 0 spiro atoms. The molecule has 5 nitrogen and oxygen atoms in total. The lowest BCUT2D eigenvalue weighted by molar-refractivity contribution is 0.101. The van der Waals surface area contributed by atoms with Crippen LogP contribution in [-0.2, 0) is 0 Å². The molecule has 0 saturated carbocycles. The van der Waals surface area contributed by atoms with Gasteiger partial charge in [-0.2, -0.15) is 0 Å². The molecule has 2 N–H and O–H groups in total. The Morgan fingerprint density at radius 2 is 1.78 bits per heavy atom. The monoisotopic (exact) mass is 379 g/mol. The number of rotatable bonds is 5. The first-order valence-corrected chi connectivity index (χ1v) is 8.72. The second-order valence-electron chi connectivity index (χ2n) is 6.06. The standard InChI is InChI=1S/C21H18ClN3O2/c1-13-18(22)7-4-8-19(13)25-21(27)16-9-10-20(23-12-16)24-17-6-3-5-15(11-17)14(2)26/h3-12H,1-2H3,(H,23,24)(H,25,27). The van der Waals surface area contributed by atoms with E-state index in [-0.39, 0.29) is 11.7 Å². The van der Waals surface area contributed by atoms with Crippen LogP contribution in [0.15, 0.2) is 60.8 Å². The largest absolute Gasteiger partial charge is 0.340 e. The predicted molar refractivity (Wildman–Crippen MR) is 108 cm³/mol. The summed E-state index contributed by atoms with van der Waals surface area (Å²) < 4.78 is 0. The number of pyridine rings is 1. The Morgan fingerprint density at radius 1 is 1.00 bits per heavy atom. The van der Waals surface area contributed by atoms with Crippen LogP contribution in [0.3, 0.4) is 0 Å². The molecule has 3 aromatic rings. The molecule has 2 aromatic carbocycles. The minimum absolute atomic E-state index is 0.00469. The van der Waals surface area contributed by atoms with Crippen molar-refractivity contribution in [2.24, 2.45) is 0 Å². The van der Waals surface area contributed by atoms with Crippen LogP contribution in [0.2, 0.25) is 5.02 Å². The highest BCUT2D eigenvalue weighted by atomic mass is 35.5. The maximum Gasteiger partial charge on any atom is 0.257 e. The SMILES string of the molecule is CC(=O)c1cccc(Nc2ccc(C(=O)Nc3cccc(Cl)c3C)cn2)c1. The van der Waals surface area contributed by atoms with Crippen molar-refractivity contribution < 1.29 is 9.59 Å². The van der Waals surface area contributed by atoms with Crippen LogP contribution in [0.4, 0.5) is 17.2 Å². The quantitative estimate of drug-likeness (QED) is 0.594. The maximum absolute atomic E-state index is 12.4. The van der Waals surface area contributed by atoms with Crippen molar-refractivity contribution in [3.63, 3.8) is 0 Å². The lowest BCUT2D eigenvalue weighted by atomic mass is 10.1. The highest BCUT2D eigenvalue weighted by molar-refractivity contribution is 6.31. The number of Topliss-reactive ketones (excluding diaryl/α,β-unsaturated/α-hetero) is 1. The zero-order chi connectivity index (χ0) is 19.4. The second kappa shape index (κ2) is 8.01. The van der Waals surface area contributed by atoms with Crippen molar-refractivity contribution in [3.8, 4) is 0 Å². The molecule has 136 valence electrons. The Balaban J connectivity index is 1.71. The Bertz CT molecular complexity index is 1000. The van der Waals surface area contributed by atoms with Crippen LogP contribution in [0.25, 0.3) is 0 Å². The van der Waals surface area contributed by atoms with Crippen molar-refractivity contribution >= 4 is 40.5 Å². The Kier molecular flexibility index (Phi) is 5.52. The highest BCUT2D eigenvalue weighted by Gasteiger charge is 2.10. The fourth-order valence-electron chi connectivity index (χ4n) is 2.50. The van der Waals surface area contributed by atoms with E-state index in [0.717, 1.165) is 11.3 Å². The number of hydrogen-bond donors (Lipinski definition) is 2. The number of nitrogens with one attached hydrogen (secondary N) is 2. The maximum atomic E-state index is 12.4. The zero-order valence-corrected chi connectivity index (χ0v) is 15.7. The van der Waals surface area contributed by atoms with Gasteiger partial charge in [-0.15, -0.1) is 0 Å². The van der Waals surface area contributed by atoms with Crippen LogP contribution < -0.4 is 10.6 Å². The van der Waals surface area contributed by atoms with E-state index in [1.165, 1.54) is 13.1 Å². The van der Waals surface area contributed by atoms with Gasteiger partial charge in [-0.05, 0) is 55.8 Å². The number of anilines is 3. The molecule has 0 saturated heterocycles. The highest BCUT2D eigenvalue weighted by Crippen LogP contribution is 2.23. The lowest BCUT2D eigenvalue weighted by Crippen LogP contribution is -2.13. The van der Waals surface area contributed by atoms with Gasteiger partial charge in [-0.3, -0.25) is 9.59 Å². The molecule has 6 heteroatoms. The van der Waals surface area contributed by atoms with E-state index in [9.17, 15) is 9.59 Å². The number of amides is 1. The summed E-state index contributed by atoms with van der Waals surface area (Å²) in [5.41, 5.74) is 3.27. The van der Waals surface area contributed by atoms with Gasteiger partial charge in [-0.25, -0.2) is 4.98 Å². The van der Waals surface area contributed by atoms with Gasteiger partial charge in [0.2, 0.25) is 0 Å². The number of halogens is 1. The van der Waals surface area contributed by atoms with E-state index in [4.69, 9.17) is 11.6 Å².